The molecule has 3 N–H and O–H groups in total. The minimum Gasteiger partial charge on any atom is -0.322 e. The molecule has 0 saturated carbocycles. The van der Waals surface area contributed by atoms with Gasteiger partial charge in [-0.15, -0.1) is 0 Å². The standard InChI is InChI=1S/C25H22N4O5S2/c1-18-16-19(9-14-24(18)29-36(33,34)22-7-3-2-4-8-22)25(30)27-20-10-12-23(13-11-20)35(31,32)28-21-6-5-15-26-17-21/h2-17,28-29H,1H3,(H,27,30). The van der Waals surface area contributed by atoms with Crippen LogP contribution in [0.3, 0.4) is 0 Å². The van der Waals surface area contributed by atoms with Gasteiger partial charge in [0.05, 0.1) is 27.4 Å². The van der Waals surface area contributed by atoms with Crippen molar-refractivity contribution < 1.29 is 21.6 Å². The van der Waals surface area contributed by atoms with E-state index in [2.05, 4.69) is 19.7 Å². The van der Waals surface area contributed by atoms with Crippen molar-refractivity contribution >= 4 is 43.0 Å². The minimum atomic E-state index is -3.82. The Balaban J connectivity index is 1.44. The van der Waals surface area contributed by atoms with Crippen LogP contribution in [0.4, 0.5) is 17.1 Å². The van der Waals surface area contributed by atoms with Gasteiger partial charge in [0.15, 0.2) is 0 Å². The summed E-state index contributed by atoms with van der Waals surface area (Å²) in [6, 6.07) is 21.5. The molecule has 0 aliphatic carbocycles. The quantitative estimate of drug-likeness (QED) is 0.317. The second-order valence-electron chi connectivity index (χ2n) is 7.77. The Morgan fingerprint density at radius 2 is 1.39 bits per heavy atom. The summed E-state index contributed by atoms with van der Waals surface area (Å²) in [6.07, 6.45) is 2.93. The summed E-state index contributed by atoms with van der Waals surface area (Å²) < 4.78 is 55.2. The van der Waals surface area contributed by atoms with E-state index in [1.165, 1.54) is 60.9 Å². The SMILES string of the molecule is Cc1cc(C(=O)Nc2ccc(S(=O)(=O)Nc3cccnc3)cc2)ccc1NS(=O)(=O)c1ccccc1. The van der Waals surface area contributed by atoms with Gasteiger partial charge in [0.25, 0.3) is 26.0 Å². The molecule has 0 radical (unpaired) electrons. The molecular formula is C25H22N4O5S2. The van der Waals surface area contributed by atoms with Gasteiger partial charge in [-0.05, 0) is 79.2 Å². The van der Waals surface area contributed by atoms with Gasteiger partial charge in [0, 0.05) is 17.4 Å². The highest BCUT2D eigenvalue weighted by Crippen LogP contribution is 2.22. The van der Waals surface area contributed by atoms with Crippen molar-refractivity contribution in [3.8, 4) is 0 Å². The summed E-state index contributed by atoms with van der Waals surface area (Å²) >= 11 is 0. The number of anilines is 3. The summed E-state index contributed by atoms with van der Waals surface area (Å²) in [6.45, 7) is 1.69. The van der Waals surface area contributed by atoms with E-state index >= 15 is 0 Å². The van der Waals surface area contributed by atoms with Gasteiger partial charge in [-0.2, -0.15) is 0 Å². The number of amides is 1. The van der Waals surface area contributed by atoms with Crippen molar-refractivity contribution in [1.29, 1.82) is 0 Å². The first-order chi connectivity index (χ1) is 17.1. The van der Waals surface area contributed by atoms with Crippen LogP contribution in [0.5, 0.6) is 0 Å². The number of sulfonamides is 2. The van der Waals surface area contributed by atoms with E-state index in [1.54, 1.807) is 43.3 Å². The molecule has 0 aliphatic heterocycles. The number of benzene rings is 3. The highest BCUT2D eigenvalue weighted by Gasteiger charge is 2.17. The molecule has 0 fully saturated rings. The average molecular weight is 523 g/mol. The fraction of sp³-hybridized carbons (Fsp3) is 0.0400. The number of nitrogens with zero attached hydrogens (tertiary/aromatic N) is 1. The summed E-state index contributed by atoms with van der Waals surface area (Å²) in [7, 11) is -7.58. The van der Waals surface area contributed by atoms with Gasteiger partial charge in [-0.1, -0.05) is 18.2 Å². The number of aromatic nitrogens is 1. The molecule has 9 nitrogen and oxygen atoms in total. The summed E-state index contributed by atoms with van der Waals surface area (Å²) in [5.74, 6) is -0.431. The summed E-state index contributed by atoms with van der Waals surface area (Å²) in [5.41, 5.74) is 1.95. The maximum atomic E-state index is 12.7. The van der Waals surface area contributed by atoms with E-state index in [0.29, 0.717) is 28.2 Å². The average Bonchev–Trinajstić information content (AvgIpc) is 2.86. The molecule has 1 heterocycles. The second-order valence-corrected chi connectivity index (χ2v) is 11.1. The zero-order valence-corrected chi connectivity index (χ0v) is 20.7. The lowest BCUT2D eigenvalue weighted by atomic mass is 10.1. The summed E-state index contributed by atoms with van der Waals surface area (Å²) in [5, 5.41) is 2.70. The third-order valence-corrected chi connectivity index (χ3v) is 7.90. The largest absolute Gasteiger partial charge is 0.322 e. The third-order valence-electron chi connectivity index (χ3n) is 5.12. The fourth-order valence-corrected chi connectivity index (χ4v) is 5.48. The van der Waals surface area contributed by atoms with Crippen LogP contribution in [0.25, 0.3) is 0 Å². The zero-order chi connectivity index (χ0) is 25.8. The fourth-order valence-electron chi connectivity index (χ4n) is 3.28. The predicted octanol–water partition coefficient (Wildman–Crippen LogP) is 4.24. The van der Waals surface area contributed by atoms with Gasteiger partial charge in [-0.25, -0.2) is 16.8 Å². The maximum absolute atomic E-state index is 12.7. The van der Waals surface area contributed by atoms with Gasteiger partial charge in [0.2, 0.25) is 0 Å². The van der Waals surface area contributed by atoms with E-state index in [9.17, 15) is 21.6 Å². The first-order valence-electron chi connectivity index (χ1n) is 10.7. The molecule has 36 heavy (non-hydrogen) atoms. The normalized spacial score (nSPS) is 11.5. The van der Waals surface area contributed by atoms with E-state index in [-0.39, 0.29) is 9.79 Å². The number of carbonyl (C=O) groups is 1. The van der Waals surface area contributed by atoms with Gasteiger partial charge in [-0.3, -0.25) is 19.2 Å². The highest BCUT2D eigenvalue weighted by atomic mass is 32.2. The van der Waals surface area contributed by atoms with Crippen LogP contribution in [-0.2, 0) is 20.0 Å². The third kappa shape index (κ3) is 5.88. The Morgan fingerprint density at radius 1 is 0.722 bits per heavy atom. The smallest absolute Gasteiger partial charge is 0.261 e. The lowest BCUT2D eigenvalue weighted by Gasteiger charge is -2.12. The topological polar surface area (TPSA) is 134 Å². The van der Waals surface area contributed by atoms with Crippen molar-refractivity contribution in [2.24, 2.45) is 0 Å². The number of rotatable bonds is 8. The first kappa shape index (κ1) is 24.9. The van der Waals surface area contributed by atoms with Gasteiger partial charge < -0.3 is 5.32 Å². The van der Waals surface area contributed by atoms with Crippen LogP contribution in [0, 0.1) is 6.92 Å². The van der Waals surface area contributed by atoms with Crippen LogP contribution >= 0.6 is 0 Å². The second kappa shape index (κ2) is 10.2. The monoisotopic (exact) mass is 522 g/mol. The van der Waals surface area contributed by atoms with Crippen molar-refractivity contribution in [3.63, 3.8) is 0 Å². The zero-order valence-electron chi connectivity index (χ0n) is 19.0. The molecule has 0 bridgehead atoms. The van der Waals surface area contributed by atoms with E-state index < -0.39 is 26.0 Å². The van der Waals surface area contributed by atoms with Crippen LogP contribution in [0.15, 0.2) is 107 Å². The number of hydrogen-bond donors (Lipinski definition) is 3. The molecule has 4 rings (SSSR count). The Morgan fingerprint density at radius 3 is 2.03 bits per heavy atom. The van der Waals surface area contributed by atoms with Crippen LogP contribution in [0.1, 0.15) is 15.9 Å². The first-order valence-corrected chi connectivity index (χ1v) is 13.6. The van der Waals surface area contributed by atoms with Crippen molar-refractivity contribution in [2.75, 3.05) is 14.8 Å². The molecule has 0 atom stereocenters. The number of carbonyl (C=O) groups excluding carboxylic acids is 1. The van der Waals surface area contributed by atoms with Crippen LogP contribution < -0.4 is 14.8 Å². The molecule has 1 aromatic heterocycles. The lowest BCUT2D eigenvalue weighted by Crippen LogP contribution is -2.15. The molecule has 0 aliphatic rings. The van der Waals surface area contributed by atoms with Gasteiger partial charge >= 0.3 is 0 Å². The van der Waals surface area contributed by atoms with Crippen molar-refractivity contribution in [3.05, 3.63) is 108 Å². The molecule has 0 spiro atoms. The Labute approximate surface area is 209 Å². The Hall–Kier alpha value is -4.22. The van der Waals surface area contributed by atoms with E-state index in [0.717, 1.165) is 0 Å². The number of hydrogen-bond acceptors (Lipinski definition) is 6. The molecule has 11 heteroatoms. The molecule has 0 unspecified atom stereocenters. The van der Waals surface area contributed by atoms with Crippen LogP contribution in [0.2, 0.25) is 0 Å². The number of aryl methyl sites for hydroxylation is 1. The lowest BCUT2D eigenvalue weighted by molar-refractivity contribution is 0.102. The number of nitrogens with one attached hydrogen (secondary N) is 3. The number of pyridine rings is 1. The Bertz CT molecular complexity index is 1590. The molecule has 184 valence electrons. The Kier molecular flexibility index (Phi) is 7.04. The molecule has 0 saturated heterocycles. The minimum absolute atomic E-state index is 0.0234. The molecule has 4 aromatic rings. The van der Waals surface area contributed by atoms with E-state index in [1.807, 2.05) is 0 Å². The van der Waals surface area contributed by atoms with Crippen LogP contribution in [-0.4, -0.2) is 27.7 Å². The van der Waals surface area contributed by atoms with Crippen molar-refractivity contribution in [2.45, 2.75) is 16.7 Å². The molecular weight excluding hydrogens is 500 g/mol. The van der Waals surface area contributed by atoms with E-state index in [4.69, 9.17) is 0 Å². The molecule has 3 aromatic carbocycles. The summed E-state index contributed by atoms with van der Waals surface area (Å²) in [4.78, 5) is 16.7. The molecule has 1 amide bonds. The highest BCUT2D eigenvalue weighted by molar-refractivity contribution is 7.93. The van der Waals surface area contributed by atoms with Gasteiger partial charge in [0.1, 0.15) is 0 Å². The predicted molar refractivity (Wildman–Crippen MR) is 138 cm³/mol. The van der Waals surface area contributed by atoms with Crippen molar-refractivity contribution in [1.82, 2.24) is 4.98 Å². The maximum Gasteiger partial charge on any atom is 0.261 e.